The first kappa shape index (κ1) is 13.9. The maximum absolute atomic E-state index is 6.12. The second-order valence-electron chi connectivity index (χ2n) is 5.02. The minimum Gasteiger partial charge on any atom is -0.383 e. The van der Waals surface area contributed by atoms with Gasteiger partial charge in [0.05, 0.1) is 12.7 Å². The largest absolute Gasteiger partial charge is 0.383 e. The summed E-state index contributed by atoms with van der Waals surface area (Å²) in [7, 11) is 1.83. The molecule has 2 aliphatic heterocycles. The van der Waals surface area contributed by atoms with Crippen LogP contribution in [-0.2, 0) is 9.47 Å². The molecule has 7 heteroatoms. The van der Waals surface area contributed by atoms with Crippen LogP contribution in [0.5, 0.6) is 0 Å². The summed E-state index contributed by atoms with van der Waals surface area (Å²) in [6.07, 6.45) is 3.99. The maximum Gasteiger partial charge on any atom is 0.157 e. The van der Waals surface area contributed by atoms with Gasteiger partial charge in [0.1, 0.15) is 18.1 Å². The van der Waals surface area contributed by atoms with Crippen LogP contribution in [0, 0.1) is 0 Å². The molecule has 0 aromatic carbocycles. The van der Waals surface area contributed by atoms with Gasteiger partial charge in [-0.1, -0.05) is 11.6 Å². The number of halogens is 1. The molecule has 2 unspecified atom stereocenters. The SMILES string of the molecule is CNc1c(Cl)ncnc1N1CCOC(C2CCCO2)C1. The third kappa shape index (κ3) is 2.68. The third-order valence-corrected chi connectivity index (χ3v) is 4.09. The van der Waals surface area contributed by atoms with Crippen LogP contribution in [-0.4, -0.2) is 55.5 Å². The molecule has 3 rings (SSSR count). The Kier molecular flexibility index (Phi) is 4.24. The van der Waals surface area contributed by atoms with Gasteiger partial charge in [-0.3, -0.25) is 0 Å². The molecule has 1 N–H and O–H groups in total. The molecular formula is C13H19ClN4O2. The summed E-state index contributed by atoms with van der Waals surface area (Å²) in [6, 6.07) is 0. The lowest BCUT2D eigenvalue weighted by Gasteiger charge is -2.36. The highest BCUT2D eigenvalue weighted by molar-refractivity contribution is 6.32. The van der Waals surface area contributed by atoms with Crippen molar-refractivity contribution in [3.63, 3.8) is 0 Å². The van der Waals surface area contributed by atoms with Crippen molar-refractivity contribution in [1.29, 1.82) is 0 Å². The quantitative estimate of drug-likeness (QED) is 0.855. The lowest BCUT2D eigenvalue weighted by molar-refractivity contribution is -0.0544. The predicted octanol–water partition coefficient (Wildman–Crippen LogP) is 1.56. The Labute approximate surface area is 123 Å². The predicted molar refractivity (Wildman–Crippen MR) is 77.5 cm³/mol. The van der Waals surface area contributed by atoms with E-state index in [0.29, 0.717) is 11.8 Å². The normalized spacial score (nSPS) is 26.8. The van der Waals surface area contributed by atoms with Crippen LogP contribution < -0.4 is 10.2 Å². The fourth-order valence-corrected chi connectivity index (χ4v) is 3.02. The third-order valence-electron chi connectivity index (χ3n) is 3.80. The summed E-state index contributed by atoms with van der Waals surface area (Å²) < 4.78 is 11.6. The molecule has 1 aromatic rings. The molecule has 20 heavy (non-hydrogen) atoms. The topological polar surface area (TPSA) is 59.5 Å². The van der Waals surface area contributed by atoms with E-state index in [4.69, 9.17) is 21.1 Å². The molecule has 2 aliphatic rings. The minimum absolute atomic E-state index is 0.102. The molecule has 0 bridgehead atoms. The first-order chi connectivity index (χ1) is 9.79. The fraction of sp³-hybridized carbons (Fsp3) is 0.692. The Morgan fingerprint density at radius 1 is 1.30 bits per heavy atom. The van der Waals surface area contributed by atoms with E-state index in [2.05, 4.69) is 20.2 Å². The average Bonchev–Trinajstić information content (AvgIpc) is 3.01. The molecule has 0 radical (unpaired) electrons. The minimum atomic E-state index is 0.102. The van der Waals surface area contributed by atoms with E-state index in [9.17, 15) is 0 Å². The molecule has 2 fully saturated rings. The van der Waals surface area contributed by atoms with Crippen LogP contribution in [0.3, 0.4) is 0 Å². The zero-order chi connectivity index (χ0) is 13.9. The van der Waals surface area contributed by atoms with Crippen LogP contribution in [0.4, 0.5) is 11.5 Å². The molecule has 0 saturated carbocycles. The van der Waals surface area contributed by atoms with Gasteiger partial charge in [0.25, 0.3) is 0 Å². The van der Waals surface area contributed by atoms with Crippen molar-refractivity contribution in [2.24, 2.45) is 0 Å². The van der Waals surface area contributed by atoms with Gasteiger partial charge in [-0.25, -0.2) is 9.97 Å². The van der Waals surface area contributed by atoms with Gasteiger partial charge >= 0.3 is 0 Å². The Balaban J connectivity index is 1.78. The van der Waals surface area contributed by atoms with Crippen molar-refractivity contribution >= 4 is 23.1 Å². The molecule has 0 amide bonds. The van der Waals surface area contributed by atoms with Gasteiger partial charge in [0.15, 0.2) is 11.0 Å². The second kappa shape index (κ2) is 6.11. The summed E-state index contributed by atoms with van der Waals surface area (Å²) in [6.45, 7) is 3.08. The molecular weight excluding hydrogens is 280 g/mol. The Morgan fingerprint density at radius 3 is 2.90 bits per heavy atom. The monoisotopic (exact) mass is 298 g/mol. The van der Waals surface area contributed by atoms with Gasteiger partial charge in [-0.2, -0.15) is 0 Å². The van der Waals surface area contributed by atoms with Crippen LogP contribution in [0.25, 0.3) is 0 Å². The van der Waals surface area contributed by atoms with E-state index < -0.39 is 0 Å². The Morgan fingerprint density at radius 2 is 2.15 bits per heavy atom. The number of hydrogen-bond acceptors (Lipinski definition) is 6. The fourth-order valence-electron chi connectivity index (χ4n) is 2.80. The highest BCUT2D eigenvalue weighted by Crippen LogP contribution is 2.31. The van der Waals surface area contributed by atoms with Crippen molar-refractivity contribution in [2.75, 3.05) is 43.6 Å². The van der Waals surface area contributed by atoms with Crippen LogP contribution in [0.2, 0.25) is 5.15 Å². The summed E-state index contributed by atoms with van der Waals surface area (Å²) >= 11 is 6.12. The van der Waals surface area contributed by atoms with Crippen molar-refractivity contribution in [1.82, 2.24) is 9.97 Å². The van der Waals surface area contributed by atoms with E-state index >= 15 is 0 Å². The molecule has 0 aliphatic carbocycles. The lowest BCUT2D eigenvalue weighted by Crippen LogP contribution is -2.48. The van der Waals surface area contributed by atoms with Crippen molar-refractivity contribution in [3.05, 3.63) is 11.5 Å². The average molecular weight is 299 g/mol. The molecule has 2 atom stereocenters. The van der Waals surface area contributed by atoms with Gasteiger partial charge in [0, 0.05) is 26.7 Å². The number of aromatic nitrogens is 2. The number of nitrogens with zero attached hydrogens (tertiary/aromatic N) is 3. The highest BCUT2D eigenvalue weighted by atomic mass is 35.5. The van der Waals surface area contributed by atoms with E-state index in [1.54, 1.807) is 0 Å². The van der Waals surface area contributed by atoms with Gasteiger partial charge in [-0.05, 0) is 12.8 Å². The summed E-state index contributed by atoms with van der Waals surface area (Å²) in [4.78, 5) is 10.6. The first-order valence-electron chi connectivity index (χ1n) is 6.96. The zero-order valence-corrected chi connectivity index (χ0v) is 12.3. The zero-order valence-electron chi connectivity index (χ0n) is 11.5. The van der Waals surface area contributed by atoms with E-state index in [1.807, 2.05) is 7.05 Å². The maximum atomic E-state index is 6.12. The number of rotatable bonds is 3. The molecule has 2 saturated heterocycles. The molecule has 110 valence electrons. The Bertz CT molecular complexity index is 468. The molecule has 6 nitrogen and oxygen atoms in total. The number of hydrogen-bond donors (Lipinski definition) is 1. The van der Waals surface area contributed by atoms with Gasteiger partial charge in [0.2, 0.25) is 0 Å². The molecule has 1 aromatic heterocycles. The van der Waals surface area contributed by atoms with Crippen molar-refractivity contribution in [2.45, 2.75) is 25.0 Å². The van der Waals surface area contributed by atoms with Gasteiger partial charge in [-0.15, -0.1) is 0 Å². The van der Waals surface area contributed by atoms with Crippen LogP contribution >= 0.6 is 11.6 Å². The van der Waals surface area contributed by atoms with Crippen molar-refractivity contribution in [3.8, 4) is 0 Å². The number of morpholine rings is 1. The Hall–Kier alpha value is -1.11. The van der Waals surface area contributed by atoms with Crippen molar-refractivity contribution < 1.29 is 9.47 Å². The summed E-state index contributed by atoms with van der Waals surface area (Å²) in [5.74, 6) is 0.832. The van der Waals surface area contributed by atoms with Crippen LogP contribution in [0.1, 0.15) is 12.8 Å². The second-order valence-corrected chi connectivity index (χ2v) is 5.38. The molecule has 0 spiro atoms. The van der Waals surface area contributed by atoms with E-state index in [1.165, 1.54) is 6.33 Å². The standard InChI is InChI=1S/C13H19ClN4O2/c1-15-11-12(14)16-8-17-13(11)18-4-6-20-10(7-18)9-3-2-5-19-9/h8-10,15H,2-7H2,1H3. The molecule has 3 heterocycles. The van der Waals surface area contributed by atoms with E-state index in [-0.39, 0.29) is 12.2 Å². The smallest absolute Gasteiger partial charge is 0.157 e. The number of nitrogens with one attached hydrogen (secondary N) is 1. The summed E-state index contributed by atoms with van der Waals surface area (Å²) in [5, 5.41) is 3.52. The summed E-state index contributed by atoms with van der Waals surface area (Å²) in [5.41, 5.74) is 0.766. The number of anilines is 2. The van der Waals surface area contributed by atoms with Gasteiger partial charge < -0.3 is 19.7 Å². The lowest BCUT2D eigenvalue weighted by atomic mass is 10.1. The number of ether oxygens (including phenoxy) is 2. The van der Waals surface area contributed by atoms with E-state index in [0.717, 1.165) is 44.0 Å². The van der Waals surface area contributed by atoms with Crippen LogP contribution in [0.15, 0.2) is 6.33 Å². The first-order valence-corrected chi connectivity index (χ1v) is 7.34. The highest BCUT2D eigenvalue weighted by Gasteiger charge is 2.32.